The Labute approximate surface area is 122 Å². The van der Waals surface area contributed by atoms with Gasteiger partial charge in [-0.1, -0.05) is 24.6 Å². The van der Waals surface area contributed by atoms with Crippen molar-refractivity contribution in [2.45, 2.75) is 40.2 Å². The van der Waals surface area contributed by atoms with Gasteiger partial charge in [0.15, 0.2) is 0 Å². The fourth-order valence-corrected chi connectivity index (χ4v) is 2.57. The number of hydrogen-bond donors (Lipinski definition) is 2. The molecule has 1 aromatic rings. The summed E-state index contributed by atoms with van der Waals surface area (Å²) in [6.45, 7) is 8.36. The normalized spacial score (nSPS) is 13.2. The molecule has 0 aliphatic heterocycles. The van der Waals surface area contributed by atoms with Crippen LogP contribution in [0, 0.1) is 20.8 Å². The Morgan fingerprint density at radius 1 is 1.25 bits per heavy atom. The fraction of sp³-hybridized carbons (Fsp3) is 0.562. The molecule has 0 aromatic heterocycles. The maximum Gasteiger partial charge on any atom is 0.296 e. The topological polar surface area (TPSA) is 49.3 Å². The molecule has 0 saturated carbocycles. The number of rotatable bonds is 5. The van der Waals surface area contributed by atoms with Crippen LogP contribution in [-0.4, -0.2) is 42.3 Å². The van der Waals surface area contributed by atoms with Gasteiger partial charge in [-0.05, 0) is 38.3 Å². The number of benzene rings is 1. The van der Waals surface area contributed by atoms with Gasteiger partial charge >= 0.3 is 0 Å². The third-order valence-electron chi connectivity index (χ3n) is 3.45. The molecule has 0 saturated heterocycles. The van der Waals surface area contributed by atoms with Gasteiger partial charge < -0.3 is 5.11 Å². The van der Waals surface area contributed by atoms with Gasteiger partial charge in [0.05, 0.1) is 14.1 Å². The Hall–Kier alpha value is -1.39. The third kappa shape index (κ3) is 4.32. The van der Waals surface area contributed by atoms with Gasteiger partial charge in [-0.2, -0.15) is 5.43 Å². The number of likely N-dealkylation sites (N-methyl/N-ethyl adjacent to an activating group) is 1. The first kappa shape index (κ1) is 16.7. The summed E-state index contributed by atoms with van der Waals surface area (Å²) in [5, 5.41) is 9.76. The lowest BCUT2D eigenvalue weighted by atomic mass is 9.99. The molecule has 1 aromatic carbocycles. The van der Waals surface area contributed by atoms with Crippen LogP contribution in [0.5, 0.6) is 0 Å². The Morgan fingerprint density at radius 2 is 1.75 bits per heavy atom. The van der Waals surface area contributed by atoms with E-state index in [-0.39, 0.29) is 10.5 Å². The zero-order valence-corrected chi connectivity index (χ0v) is 13.4. The van der Waals surface area contributed by atoms with Gasteiger partial charge in [-0.3, -0.25) is 4.79 Å². The molecule has 112 valence electrons. The number of hydrogen-bond acceptors (Lipinski definition) is 2. The van der Waals surface area contributed by atoms with Gasteiger partial charge in [0.2, 0.25) is 0 Å². The number of aryl methyl sites for hydroxylation is 3. The van der Waals surface area contributed by atoms with E-state index in [0.29, 0.717) is 13.0 Å². The number of nitrogens with one attached hydrogen (secondary N) is 1. The third-order valence-corrected chi connectivity index (χ3v) is 3.45. The molecule has 0 aliphatic rings. The van der Waals surface area contributed by atoms with E-state index in [2.05, 4.69) is 5.43 Å². The molecule has 0 fully saturated rings. The summed E-state index contributed by atoms with van der Waals surface area (Å²) in [6.07, 6.45) is 0.269. The minimum atomic E-state index is -0.412. The summed E-state index contributed by atoms with van der Waals surface area (Å²) >= 11 is 0. The Morgan fingerprint density at radius 3 is 2.20 bits per heavy atom. The van der Waals surface area contributed by atoms with Crippen LogP contribution in [0.1, 0.15) is 40.4 Å². The lowest BCUT2D eigenvalue weighted by molar-refractivity contribution is -0.927. The summed E-state index contributed by atoms with van der Waals surface area (Å²) in [5.41, 5.74) is 6.83. The van der Waals surface area contributed by atoms with Crippen molar-refractivity contribution in [2.75, 3.05) is 20.6 Å². The summed E-state index contributed by atoms with van der Waals surface area (Å²) < 4.78 is 0.264. The number of aliphatic hydroxyl groups excluding tert-OH is 1. The lowest BCUT2D eigenvalue weighted by Crippen LogP contribution is -2.57. The van der Waals surface area contributed by atoms with Crippen molar-refractivity contribution >= 4 is 5.91 Å². The zero-order chi connectivity index (χ0) is 15.5. The van der Waals surface area contributed by atoms with E-state index < -0.39 is 6.10 Å². The van der Waals surface area contributed by atoms with E-state index in [4.69, 9.17) is 0 Å². The highest BCUT2D eigenvalue weighted by Gasteiger charge is 2.25. The number of aliphatic hydroxyl groups is 1. The molecule has 0 spiro atoms. The number of quaternary nitrogens is 1. The molecule has 20 heavy (non-hydrogen) atoms. The molecule has 1 rings (SSSR count). The second-order valence-corrected chi connectivity index (χ2v) is 6.14. The van der Waals surface area contributed by atoms with E-state index in [9.17, 15) is 9.90 Å². The standard InChI is InChI=1S/C16H26N2O2/c1-7-14(19)10-18(5,6)17-16(20)15-12(3)8-11(2)9-13(15)4/h8-9,14,19H,7,10H2,1-6H3/p+1. The Bertz CT molecular complexity index is 472. The summed E-state index contributed by atoms with van der Waals surface area (Å²) in [5.74, 6) is -0.0895. The second-order valence-electron chi connectivity index (χ2n) is 6.14. The number of carbonyl (C=O) groups excluding carboxylic acids is 1. The lowest BCUT2D eigenvalue weighted by Gasteiger charge is -2.31. The molecular formula is C16H27N2O2+. The van der Waals surface area contributed by atoms with Gasteiger partial charge in [0.1, 0.15) is 12.6 Å². The molecule has 0 heterocycles. The average molecular weight is 279 g/mol. The minimum Gasteiger partial charge on any atom is -0.387 e. The second kappa shape index (κ2) is 6.37. The van der Waals surface area contributed by atoms with Crippen molar-refractivity contribution in [2.24, 2.45) is 0 Å². The smallest absolute Gasteiger partial charge is 0.296 e. The maximum absolute atomic E-state index is 12.5. The number of amides is 1. The highest BCUT2D eigenvalue weighted by Crippen LogP contribution is 2.16. The molecule has 2 N–H and O–H groups in total. The predicted molar refractivity (Wildman–Crippen MR) is 81.4 cm³/mol. The van der Waals surface area contributed by atoms with Crippen LogP contribution in [0.15, 0.2) is 12.1 Å². The molecule has 1 unspecified atom stereocenters. The van der Waals surface area contributed by atoms with E-state index in [1.54, 1.807) is 0 Å². The van der Waals surface area contributed by atoms with Crippen molar-refractivity contribution in [3.63, 3.8) is 0 Å². The zero-order valence-electron chi connectivity index (χ0n) is 13.4. The van der Waals surface area contributed by atoms with E-state index in [0.717, 1.165) is 22.3 Å². The summed E-state index contributed by atoms with van der Waals surface area (Å²) in [7, 11) is 3.77. The highest BCUT2D eigenvalue weighted by molar-refractivity contribution is 5.96. The van der Waals surface area contributed by atoms with Crippen molar-refractivity contribution in [1.29, 1.82) is 0 Å². The van der Waals surface area contributed by atoms with Crippen LogP contribution in [-0.2, 0) is 0 Å². The monoisotopic (exact) mass is 279 g/mol. The minimum absolute atomic E-state index is 0.0895. The maximum atomic E-state index is 12.5. The number of carbonyl (C=O) groups is 1. The molecule has 1 atom stereocenters. The largest absolute Gasteiger partial charge is 0.387 e. The Kier molecular flexibility index (Phi) is 5.31. The van der Waals surface area contributed by atoms with Crippen LogP contribution >= 0.6 is 0 Å². The van der Waals surface area contributed by atoms with E-state index in [1.165, 1.54) is 0 Å². The SMILES string of the molecule is CCC(O)C[N+](C)(C)NC(=O)c1c(C)cc(C)cc1C. The van der Waals surface area contributed by atoms with Crippen molar-refractivity contribution in [3.05, 3.63) is 34.4 Å². The molecule has 4 nitrogen and oxygen atoms in total. The summed E-state index contributed by atoms with van der Waals surface area (Å²) in [6, 6.07) is 4.03. The molecule has 0 radical (unpaired) electrons. The summed E-state index contributed by atoms with van der Waals surface area (Å²) in [4.78, 5) is 12.5. The van der Waals surface area contributed by atoms with Crippen LogP contribution in [0.4, 0.5) is 0 Å². The van der Waals surface area contributed by atoms with Crippen molar-refractivity contribution in [3.8, 4) is 0 Å². The van der Waals surface area contributed by atoms with Crippen LogP contribution < -0.4 is 5.43 Å². The van der Waals surface area contributed by atoms with Crippen LogP contribution in [0.3, 0.4) is 0 Å². The molecular weight excluding hydrogens is 252 g/mol. The fourth-order valence-electron chi connectivity index (χ4n) is 2.57. The van der Waals surface area contributed by atoms with Crippen molar-refractivity contribution < 1.29 is 14.5 Å². The first-order valence-electron chi connectivity index (χ1n) is 7.07. The molecule has 4 heteroatoms. The highest BCUT2D eigenvalue weighted by atomic mass is 16.3. The molecule has 0 bridgehead atoms. The molecule has 0 aliphatic carbocycles. The Balaban J connectivity index is 2.92. The van der Waals surface area contributed by atoms with E-state index >= 15 is 0 Å². The average Bonchev–Trinajstić information content (AvgIpc) is 2.25. The van der Waals surface area contributed by atoms with Crippen LogP contribution in [0.2, 0.25) is 0 Å². The first-order chi connectivity index (χ1) is 9.16. The van der Waals surface area contributed by atoms with Gasteiger partial charge in [0.25, 0.3) is 5.91 Å². The van der Waals surface area contributed by atoms with E-state index in [1.807, 2.05) is 53.9 Å². The van der Waals surface area contributed by atoms with Crippen LogP contribution in [0.25, 0.3) is 0 Å². The quantitative estimate of drug-likeness (QED) is 0.640. The predicted octanol–water partition coefficient (Wildman–Crippen LogP) is 2.10. The van der Waals surface area contributed by atoms with Gasteiger partial charge in [0, 0.05) is 5.56 Å². The molecule has 1 amide bonds. The number of nitrogens with zero attached hydrogens (tertiary/aromatic N) is 1. The van der Waals surface area contributed by atoms with Crippen molar-refractivity contribution in [1.82, 2.24) is 5.43 Å². The van der Waals surface area contributed by atoms with Gasteiger partial charge in [-0.15, -0.1) is 0 Å². The van der Waals surface area contributed by atoms with Gasteiger partial charge in [-0.25, -0.2) is 4.59 Å². The first-order valence-corrected chi connectivity index (χ1v) is 7.07.